The van der Waals surface area contributed by atoms with Gasteiger partial charge in [0.2, 0.25) is 0 Å². The number of aryl methyl sites for hydroxylation is 1. The molecule has 0 aliphatic rings. The van der Waals surface area contributed by atoms with Crippen molar-refractivity contribution in [2.75, 3.05) is 0 Å². The average molecular weight is 451 g/mol. The van der Waals surface area contributed by atoms with Crippen molar-refractivity contribution in [1.82, 2.24) is 9.13 Å². The second kappa shape index (κ2) is 5.44. The summed E-state index contributed by atoms with van der Waals surface area (Å²) in [5.74, 6) is 0. The van der Waals surface area contributed by atoms with E-state index >= 15 is 0 Å². The zero-order valence-electron chi connectivity index (χ0n) is 11.6. The largest absolute Gasteiger partial charge is 0.248 e. The molecular weight excluding hydrogens is 436 g/mol. The van der Waals surface area contributed by atoms with Gasteiger partial charge in [0.15, 0.2) is 17.4 Å². The molecule has 105 valence electrons. The summed E-state index contributed by atoms with van der Waals surface area (Å²) in [4.78, 5) is 0. The second-order valence-corrected chi connectivity index (χ2v) is 5.00. The number of benzene rings is 3. The summed E-state index contributed by atoms with van der Waals surface area (Å²) >= 11 is 0. The van der Waals surface area contributed by atoms with Gasteiger partial charge in [0.1, 0.15) is 0 Å². The Bertz CT molecular complexity index is 919. The van der Waals surface area contributed by atoms with Crippen LogP contribution in [-0.4, -0.2) is 9.13 Å². The molecule has 3 aromatic carbocycles. The standard InChI is InChI=1S/C18H14N2.Ir/c1-19-13-20(18-11-5-4-10-17(18)19)16-12-6-8-14-7-2-3-9-15(14)16;/h2-11,13H,1H3;. The Labute approximate surface area is 137 Å². The first-order valence-corrected chi connectivity index (χ1v) is 6.70. The van der Waals surface area contributed by atoms with Gasteiger partial charge in [0.25, 0.3) is 0 Å². The quantitative estimate of drug-likeness (QED) is 0.385. The van der Waals surface area contributed by atoms with Crippen molar-refractivity contribution in [2.24, 2.45) is 7.05 Å². The van der Waals surface area contributed by atoms with Crippen LogP contribution >= 0.6 is 0 Å². The van der Waals surface area contributed by atoms with Crippen LogP contribution in [0.2, 0.25) is 0 Å². The van der Waals surface area contributed by atoms with E-state index in [1.54, 1.807) is 0 Å². The number of nitrogens with zero attached hydrogens (tertiary/aromatic N) is 2. The predicted molar refractivity (Wildman–Crippen MR) is 83.0 cm³/mol. The van der Waals surface area contributed by atoms with Gasteiger partial charge in [-0.3, -0.25) is 0 Å². The average Bonchev–Trinajstić information content (AvgIpc) is 2.84. The molecule has 3 heteroatoms. The maximum Gasteiger partial charge on any atom is 0.188 e. The fraction of sp³-hybridized carbons (Fsp3) is 0.0556. The van der Waals surface area contributed by atoms with E-state index in [4.69, 9.17) is 0 Å². The molecule has 0 amide bonds. The van der Waals surface area contributed by atoms with Gasteiger partial charge in [-0.25, -0.2) is 4.57 Å². The number of para-hydroxylation sites is 2. The summed E-state index contributed by atoms with van der Waals surface area (Å²) in [6.45, 7) is 0. The van der Waals surface area contributed by atoms with Crippen molar-refractivity contribution in [3.8, 4) is 5.69 Å². The van der Waals surface area contributed by atoms with Crippen molar-refractivity contribution in [1.29, 1.82) is 0 Å². The van der Waals surface area contributed by atoms with Crippen molar-refractivity contribution < 1.29 is 20.1 Å². The van der Waals surface area contributed by atoms with Crippen molar-refractivity contribution in [2.45, 2.75) is 0 Å². The minimum atomic E-state index is 0. The molecule has 4 aromatic rings. The SMILES string of the molecule is Cn1[cH+]n(-c2[c-]ccc3ccccc23)c2ccccc21.[Ir]. The van der Waals surface area contributed by atoms with E-state index in [9.17, 15) is 0 Å². The Morgan fingerprint density at radius 3 is 2.48 bits per heavy atom. The van der Waals surface area contributed by atoms with Gasteiger partial charge in [-0.05, 0) is 12.1 Å². The summed E-state index contributed by atoms with van der Waals surface area (Å²) in [7, 11) is 2.07. The van der Waals surface area contributed by atoms with Crippen LogP contribution in [0.3, 0.4) is 0 Å². The van der Waals surface area contributed by atoms with Crippen molar-refractivity contribution >= 4 is 21.8 Å². The number of fused-ring (bicyclic) bond motifs is 2. The molecule has 0 unspecified atom stereocenters. The second-order valence-electron chi connectivity index (χ2n) is 5.00. The zero-order valence-corrected chi connectivity index (χ0v) is 14.0. The van der Waals surface area contributed by atoms with Gasteiger partial charge in [-0.2, -0.15) is 16.7 Å². The van der Waals surface area contributed by atoms with E-state index in [-0.39, 0.29) is 20.1 Å². The fourth-order valence-corrected chi connectivity index (χ4v) is 2.79. The van der Waals surface area contributed by atoms with Crippen LogP contribution in [0.4, 0.5) is 0 Å². The summed E-state index contributed by atoms with van der Waals surface area (Å²) in [5, 5.41) is 2.46. The van der Waals surface area contributed by atoms with Crippen LogP contribution < -0.4 is 0 Å². The molecule has 0 spiro atoms. The minimum Gasteiger partial charge on any atom is -0.248 e. The normalized spacial score (nSPS) is 10.7. The van der Waals surface area contributed by atoms with Crippen LogP contribution in [0, 0.1) is 6.07 Å². The van der Waals surface area contributed by atoms with Crippen LogP contribution in [0.5, 0.6) is 0 Å². The van der Waals surface area contributed by atoms with Gasteiger partial charge in [0.05, 0.1) is 0 Å². The van der Waals surface area contributed by atoms with E-state index in [1.165, 1.54) is 21.8 Å². The summed E-state index contributed by atoms with van der Waals surface area (Å²) < 4.78 is 4.35. The molecule has 2 nitrogen and oxygen atoms in total. The molecule has 0 atom stereocenters. The van der Waals surface area contributed by atoms with Crippen LogP contribution in [-0.2, 0) is 27.2 Å². The van der Waals surface area contributed by atoms with Crippen molar-refractivity contribution in [3.05, 3.63) is 73.1 Å². The molecular formula is C18H14IrN2. The maximum atomic E-state index is 3.38. The number of hydrogen-bond donors (Lipinski definition) is 0. The molecule has 0 fully saturated rings. The third kappa shape index (κ3) is 2.19. The predicted octanol–water partition coefficient (Wildman–Crippen LogP) is 4.20. The third-order valence-electron chi connectivity index (χ3n) is 3.75. The summed E-state index contributed by atoms with van der Waals surface area (Å²) in [5.41, 5.74) is 3.51. The van der Waals surface area contributed by atoms with Crippen molar-refractivity contribution in [3.63, 3.8) is 0 Å². The fourth-order valence-electron chi connectivity index (χ4n) is 2.79. The topological polar surface area (TPSA) is 9.86 Å². The van der Waals surface area contributed by atoms with E-state index in [1.807, 2.05) is 6.07 Å². The van der Waals surface area contributed by atoms with Gasteiger partial charge < -0.3 is 0 Å². The molecule has 0 N–H and O–H groups in total. The van der Waals surface area contributed by atoms with Gasteiger partial charge >= 0.3 is 0 Å². The smallest absolute Gasteiger partial charge is 0.188 e. The van der Waals surface area contributed by atoms with Crippen LogP contribution in [0.15, 0.2) is 67.0 Å². The molecule has 0 saturated carbocycles. The van der Waals surface area contributed by atoms with Gasteiger partial charge in [-0.1, -0.05) is 29.7 Å². The Morgan fingerprint density at radius 2 is 1.62 bits per heavy atom. The first-order chi connectivity index (χ1) is 9.84. The first kappa shape index (κ1) is 14.0. The maximum absolute atomic E-state index is 3.38. The van der Waals surface area contributed by atoms with E-state index < -0.39 is 0 Å². The zero-order chi connectivity index (χ0) is 13.5. The molecule has 0 aliphatic heterocycles. The molecule has 4 rings (SSSR count). The number of aromatic nitrogens is 2. The van der Waals surface area contributed by atoms with Gasteiger partial charge in [0, 0.05) is 45.0 Å². The summed E-state index contributed by atoms with van der Waals surface area (Å²) in [6, 6.07) is 24.3. The van der Waals surface area contributed by atoms with Gasteiger partial charge in [-0.15, -0.1) is 11.5 Å². The van der Waals surface area contributed by atoms with E-state index in [2.05, 4.69) is 83.2 Å². The molecule has 1 heterocycles. The molecule has 1 aromatic heterocycles. The Hall–Kier alpha value is -1.96. The number of imidazole rings is 1. The van der Waals surface area contributed by atoms with E-state index in [0.29, 0.717) is 0 Å². The van der Waals surface area contributed by atoms with Crippen LogP contribution in [0.25, 0.3) is 27.5 Å². The third-order valence-corrected chi connectivity index (χ3v) is 3.75. The Kier molecular flexibility index (Phi) is 3.62. The molecule has 0 saturated heterocycles. The Morgan fingerprint density at radius 1 is 0.905 bits per heavy atom. The molecule has 0 bridgehead atoms. The minimum absolute atomic E-state index is 0. The van der Waals surface area contributed by atoms with E-state index in [0.717, 1.165) is 5.69 Å². The number of rotatable bonds is 1. The summed E-state index contributed by atoms with van der Waals surface area (Å²) in [6.07, 6.45) is 2.11. The number of hydrogen-bond acceptors (Lipinski definition) is 0. The molecule has 0 aliphatic carbocycles. The molecule has 1 radical (unpaired) electrons. The monoisotopic (exact) mass is 451 g/mol. The van der Waals surface area contributed by atoms with Crippen LogP contribution in [0.1, 0.15) is 0 Å². The Balaban J connectivity index is 0.00000132. The molecule has 21 heavy (non-hydrogen) atoms. The first-order valence-electron chi connectivity index (χ1n) is 6.70.